The molecule has 2 amide bonds. The third-order valence-corrected chi connectivity index (χ3v) is 10.7. The van der Waals surface area contributed by atoms with Gasteiger partial charge in [-0.1, -0.05) is 27.7 Å². The summed E-state index contributed by atoms with van der Waals surface area (Å²) in [5.74, 6) is -4.19. The van der Waals surface area contributed by atoms with Gasteiger partial charge in [-0.05, 0) is 84.1 Å². The summed E-state index contributed by atoms with van der Waals surface area (Å²) < 4.78 is 54.5. The summed E-state index contributed by atoms with van der Waals surface area (Å²) in [5.41, 5.74) is -2.50. The summed E-state index contributed by atoms with van der Waals surface area (Å²) in [4.78, 5) is 39.3. The Hall–Kier alpha value is -2.17. The number of esters is 1. The van der Waals surface area contributed by atoms with Crippen molar-refractivity contribution in [2.45, 2.75) is 118 Å². The highest BCUT2D eigenvalue weighted by molar-refractivity contribution is 7.90. The fourth-order valence-electron chi connectivity index (χ4n) is 6.81. The summed E-state index contributed by atoms with van der Waals surface area (Å²) in [7, 11) is -4.00. The number of sulfonamides is 1. The van der Waals surface area contributed by atoms with Crippen molar-refractivity contribution in [1.29, 1.82) is 0 Å². The Labute approximate surface area is 238 Å². The van der Waals surface area contributed by atoms with Crippen molar-refractivity contribution < 1.29 is 36.7 Å². The Morgan fingerprint density at radius 1 is 1.07 bits per heavy atom. The van der Waals surface area contributed by atoms with E-state index in [-0.39, 0.29) is 17.1 Å². The number of nitrogens with zero attached hydrogens (tertiary/aromatic N) is 1. The van der Waals surface area contributed by atoms with Crippen LogP contribution in [0.4, 0.5) is 9.18 Å². The Morgan fingerprint density at radius 3 is 2.15 bits per heavy atom. The molecule has 11 heteroatoms. The summed E-state index contributed by atoms with van der Waals surface area (Å²) in [5, 5.41) is 2.50. The smallest absolute Gasteiger partial charge is 0.408 e. The molecule has 1 heterocycles. The van der Waals surface area contributed by atoms with Gasteiger partial charge in [-0.3, -0.25) is 9.59 Å². The summed E-state index contributed by atoms with van der Waals surface area (Å²) in [6.07, 6.45) is 1.75. The van der Waals surface area contributed by atoms with Crippen LogP contribution in [-0.2, 0) is 29.1 Å². The van der Waals surface area contributed by atoms with E-state index in [2.05, 4.69) is 19.2 Å². The minimum Gasteiger partial charge on any atom is -0.460 e. The van der Waals surface area contributed by atoms with E-state index in [0.717, 1.165) is 16.8 Å². The molecule has 228 valence electrons. The van der Waals surface area contributed by atoms with Crippen LogP contribution in [0.25, 0.3) is 0 Å². The van der Waals surface area contributed by atoms with Crippen LogP contribution in [0.5, 0.6) is 0 Å². The number of halogens is 1. The van der Waals surface area contributed by atoms with E-state index in [9.17, 15) is 22.8 Å². The van der Waals surface area contributed by atoms with Crippen LogP contribution in [-0.4, -0.2) is 59.7 Å². The lowest BCUT2D eigenvalue weighted by atomic mass is 9.69. The molecule has 2 saturated carbocycles. The van der Waals surface area contributed by atoms with Crippen molar-refractivity contribution in [3.05, 3.63) is 11.9 Å². The molecule has 3 aliphatic rings. The predicted molar refractivity (Wildman–Crippen MR) is 149 cm³/mol. The summed E-state index contributed by atoms with van der Waals surface area (Å²) in [6.45, 7) is 17.6. The minimum absolute atomic E-state index is 0.139. The van der Waals surface area contributed by atoms with Crippen LogP contribution in [0.3, 0.4) is 0 Å². The lowest BCUT2D eigenvalue weighted by molar-refractivity contribution is -0.157. The van der Waals surface area contributed by atoms with Crippen molar-refractivity contribution in [2.24, 2.45) is 28.6 Å². The van der Waals surface area contributed by atoms with E-state index in [0.29, 0.717) is 12.8 Å². The monoisotopic (exact) mass is 586 g/mol. The van der Waals surface area contributed by atoms with Crippen molar-refractivity contribution in [3.63, 3.8) is 0 Å². The maximum Gasteiger partial charge on any atom is 0.408 e. The number of fused-ring (bicyclic) bond motifs is 1. The van der Waals surface area contributed by atoms with Gasteiger partial charge in [0.15, 0.2) is 0 Å². The summed E-state index contributed by atoms with van der Waals surface area (Å²) in [6, 6.07) is -1.69. The fourth-order valence-corrected chi connectivity index (χ4v) is 9.39. The van der Waals surface area contributed by atoms with E-state index >= 15 is 4.39 Å². The van der Waals surface area contributed by atoms with E-state index in [4.69, 9.17) is 9.47 Å². The van der Waals surface area contributed by atoms with Crippen LogP contribution in [0.2, 0.25) is 0 Å². The lowest BCUT2D eigenvalue weighted by Crippen LogP contribution is -2.47. The maximum atomic E-state index is 15.8. The van der Waals surface area contributed by atoms with Crippen molar-refractivity contribution in [2.75, 3.05) is 5.75 Å². The number of rotatable bonds is 7. The number of hydrogen-bond acceptors (Lipinski definition) is 7. The van der Waals surface area contributed by atoms with E-state index in [1.54, 1.807) is 55.4 Å². The van der Waals surface area contributed by atoms with Crippen molar-refractivity contribution in [3.8, 4) is 0 Å². The van der Waals surface area contributed by atoms with Crippen LogP contribution in [0, 0.1) is 28.6 Å². The first-order valence-electron chi connectivity index (χ1n) is 14.2. The van der Waals surface area contributed by atoms with Gasteiger partial charge in [0, 0.05) is 5.41 Å². The zero-order valence-electron chi connectivity index (χ0n) is 25.6. The summed E-state index contributed by atoms with van der Waals surface area (Å²) >= 11 is 0. The molecule has 0 radical (unpaired) electrons. The molecule has 1 saturated heterocycles. The fraction of sp³-hybridized carbons (Fsp3) is 0.828. The second-order valence-corrected chi connectivity index (χ2v) is 16.4. The first-order chi connectivity index (χ1) is 18.0. The van der Waals surface area contributed by atoms with Gasteiger partial charge < -0.3 is 14.8 Å². The molecule has 2 aliphatic carbocycles. The third-order valence-electron chi connectivity index (χ3n) is 8.75. The SMILES string of the molecule is CC(C)[C@H](NC(=O)OC(C)(C)C)/C(F)=C/[C@@H](CC(=O)OC(C)(C)C)C(=O)N1[C@H]2C[C@@H]3CC[C@@]2(CS1(=O)=O)C3(C)C. The quantitative estimate of drug-likeness (QED) is 0.412. The molecule has 3 fully saturated rings. The zero-order valence-corrected chi connectivity index (χ0v) is 26.4. The molecule has 1 spiro atoms. The number of carbonyl (C=O) groups is 3. The van der Waals surface area contributed by atoms with E-state index in [1.165, 1.54) is 0 Å². The normalized spacial score (nSPS) is 28.7. The molecule has 0 unspecified atom stereocenters. The second-order valence-electron chi connectivity index (χ2n) is 14.6. The van der Waals surface area contributed by atoms with Gasteiger partial charge in [0.05, 0.1) is 30.2 Å². The second kappa shape index (κ2) is 10.6. The Bertz CT molecular complexity index is 1170. The van der Waals surface area contributed by atoms with Gasteiger partial charge in [-0.2, -0.15) is 0 Å². The average molecular weight is 587 g/mol. The molecule has 0 aromatic rings. The molecule has 0 aromatic heterocycles. The average Bonchev–Trinajstić information content (AvgIpc) is 3.21. The van der Waals surface area contributed by atoms with Crippen LogP contribution >= 0.6 is 0 Å². The number of alkyl carbamates (subject to hydrolysis) is 1. The molecular weight excluding hydrogens is 539 g/mol. The first kappa shape index (κ1) is 32.3. The van der Waals surface area contributed by atoms with Crippen LogP contribution in [0.15, 0.2) is 11.9 Å². The van der Waals surface area contributed by atoms with Crippen molar-refractivity contribution in [1.82, 2.24) is 9.62 Å². The Balaban J connectivity index is 1.98. The number of hydrogen-bond donors (Lipinski definition) is 1. The zero-order chi connectivity index (χ0) is 30.6. The lowest BCUT2D eigenvalue weighted by Gasteiger charge is -2.37. The van der Waals surface area contributed by atoms with Gasteiger partial charge >= 0.3 is 12.1 Å². The highest BCUT2D eigenvalue weighted by Crippen LogP contribution is 2.70. The van der Waals surface area contributed by atoms with Gasteiger partial charge in [0.1, 0.15) is 17.0 Å². The highest BCUT2D eigenvalue weighted by atomic mass is 32.2. The van der Waals surface area contributed by atoms with Crippen LogP contribution in [0.1, 0.15) is 94.9 Å². The number of carbonyl (C=O) groups excluding carboxylic acids is 3. The third kappa shape index (κ3) is 6.34. The maximum absolute atomic E-state index is 15.8. The molecular formula is C29H47FN2O7S. The highest BCUT2D eigenvalue weighted by Gasteiger charge is 2.72. The Kier molecular flexibility index (Phi) is 8.56. The van der Waals surface area contributed by atoms with Gasteiger partial charge in [-0.25, -0.2) is 21.9 Å². The van der Waals surface area contributed by atoms with E-state index < -0.39 is 80.8 Å². The number of amides is 2. The number of ether oxygens (including phenoxy) is 2. The molecule has 40 heavy (non-hydrogen) atoms. The Morgan fingerprint density at radius 2 is 1.65 bits per heavy atom. The molecule has 5 atom stereocenters. The molecule has 2 bridgehead atoms. The van der Waals surface area contributed by atoms with Gasteiger partial charge in [0.25, 0.3) is 0 Å². The van der Waals surface area contributed by atoms with Crippen molar-refractivity contribution >= 4 is 28.0 Å². The van der Waals surface area contributed by atoms with Gasteiger partial charge in [0.2, 0.25) is 15.9 Å². The largest absolute Gasteiger partial charge is 0.460 e. The minimum atomic E-state index is -4.00. The first-order valence-corrected chi connectivity index (χ1v) is 15.8. The molecule has 1 aliphatic heterocycles. The topological polar surface area (TPSA) is 119 Å². The molecule has 1 N–H and O–H groups in total. The number of nitrogens with one attached hydrogen (secondary N) is 1. The van der Waals surface area contributed by atoms with Gasteiger partial charge in [-0.15, -0.1) is 0 Å². The van der Waals surface area contributed by atoms with Crippen LogP contribution < -0.4 is 5.32 Å². The van der Waals surface area contributed by atoms with E-state index in [1.807, 2.05) is 0 Å². The predicted octanol–water partition coefficient (Wildman–Crippen LogP) is 5.10. The molecule has 9 nitrogen and oxygen atoms in total. The molecule has 3 rings (SSSR count). The molecule has 0 aromatic carbocycles. The standard InChI is InChI=1S/C29H47FN2O7S/c1-17(2)23(31-25(35)39-27(6,7)8)20(30)13-18(14-22(33)38-26(3,4)5)24(34)32-21-15-19-11-12-29(21,28(19,9)10)16-40(32,36)37/h13,17-19,21,23H,11-12,14-16H2,1-10H3,(H,31,35)/b20-13-/t18-,19-,21-,23-,29-/m0/s1.